The quantitative estimate of drug-likeness (QED) is 0.851. The molecule has 0 radical (unpaired) electrons. The molecular formula is C14H20ClN3O2. The zero-order valence-corrected chi connectivity index (χ0v) is 12.8. The molecule has 0 bridgehead atoms. The van der Waals surface area contributed by atoms with Crippen LogP contribution in [0, 0.1) is 6.92 Å². The molecule has 20 heavy (non-hydrogen) atoms. The van der Waals surface area contributed by atoms with Crippen molar-refractivity contribution < 1.29 is 9.90 Å². The summed E-state index contributed by atoms with van der Waals surface area (Å²) in [5, 5.41) is 10.2. The zero-order chi connectivity index (χ0) is 14.9. The topological polar surface area (TPSA) is 56.7 Å². The molecule has 1 fully saturated rings. The fraction of sp³-hybridized carbons (Fsp3) is 0.571. The van der Waals surface area contributed by atoms with Crippen molar-refractivity contribution in [3.05, 3.63) is 28.5 Å². The number of halogens is 1. The van der Waals surface area contributed by atoms with Crippen LogP contribution in [0.5, 0.6) is 0 Å². The van der Waals surface area contributed by atoms with Gasteiger partial charge in [-0.25, -0.2) is 4.98 Å². The Kier molecular flexibility index (Phi) is 4.62. The van der Waals surface area contributed by atoms with Gasteiger partial charge in [-0.05, 0) is 39.6 Å². The number of rotatable bonds is 3. The Morgan fingerprint density at radius 1 is 1.55 bits per heavy atom. The van der Waals surface area contributed by atoms with Crippen molar-refractivity contribution in [2.75, 3.05) is 27.2 Å². The minimum atomic E-state index is -0.456. The number of aryl methyl sites for hydroxylation is 1. The molecule has 2 atom stereocenters. The van der Waals surface area contributed by atoms with Gasteiger partial charge in [-0.2, -0.15) is 0 Å². The fourth-order valence-corrected chi connectivity index (χ4v) is 2.90. The number of carbonyl (C=O) groups excluding carboxylic acids is 1. The molecule has 5 nitrogen and oxygen atoms in total. The van der Waals surface area contributed by atoms with Gasteiger partial charge in [0.25, 0.3) is 5.91 Å². The molecule has 1 aromatic heterocycles. The SMILES string of the molecule is Cc1cc(C(=O)N2CC(O)CC2CN(C)C)cc(Cl)n1. The molecule has 1 saturated heterocycles. The second-order valence-electron chi connectivity index (χ2n) is 5.58. The molecule has 1 amide bonds. The molecule has 2 heterocycles. The highest BCUT2D eigenvalue weighted by Gasteiger charge is 2.35. The van der Waals surface area contributed by atoms with Gasteiger partial charge in [-0.1, -0.05) is 11.6 Å². The van der Waals surface area contributed by atoms with E-state index in [1.165, 1.54) is 0 Å². The van der Waals surface area contributed by atoms with Gasteiger partial charge >= 0.3 is 0 Å². The summed E-state index contributed by atoms with van der Waals surface area (Å²) in [6.07, 6.45) is 0.157. The van der Waals surface area contributed by atoms with Crippen molar-refractivity contribution in [1.82, 2.24) is 14.8 Å². The van der Waals surface area contributed by atoms with Crippen LogP contribution in [0.4, 0.5) is 0 Å². The van der Waals surface area contributed by atoms with Crippen molar-refractivity contribution in [3.8, 4) is 0 Å². The highest BCUT2D eigenvalue weighted by Crippen LogP contribution is 2.22. The fourth-order valence-electron chi connectivity index (χ4n) is 2.65. The first-order valence-electron chi connectivity index (χ1n) is 6.64. The average Bonchev–Trinajstić information content (AvgIpc) is 2.67. The number of aliphatic hydroxyl groups is 1. The average molecular weight is 298 g/mol. The van der Waals surface area contributed by atoms with Crippen molar-refractivity contribution in [2.45, 2.75) is 25.5 Å². The van der Waals surface area contributed by atoms with Gasteiger partial charge in [-0.3, -0.25) is 4.79 Å². The number of hydrogen-bond donors (Lipinski definition) is 1. The summed E-state index contributed by atoms with van der Waals surface area (Å²) in [6.45, 7) is 2.91. The summed E-state index contributed by atoms with van der Waals surface area (Å²) in [5.74, 6) is -0.0965. The second kappa shape index (κ2) is 6.08. The third kappa shape index (κ3) is 3.48. The molecule has 0 aromatic carbocycles. The standard InChI is InChI=1S/C14H20ClN3O2/c1-9-4-10(5-13(15)16-9)14(20)18-8-12(19)6-11(18)7-17(2)3/h4-5,11-12,19H,6-8H2,1-3H3. The Hall–Kier alpha value is -1.17. The number of nitrogens with zero attached hydrogens (tertiary/aromatic N) is 3. The summed E-state index contributed by atoms with van der Waals surface area (Å²) in [6, 6.07) is 3.33. The maximum absolute atomic E-state index is 12.6. The molecule has 0 saturated carbocycles. The molecule has 6 heteroatoms. The molecule has 110 valence electrons. The number of amides is 1. The van der Waals surface area contributed by atoms with Crippen LogP contribution in [0.25, 0.3) is 0 Å². The van der Waals surface area contributed by atoms with E-state index in [2.05, 4.69) is 4.98 Å². The molecule has 2 rings (SSSR count). The number of likely N-dealkylation sites (tertiary alicyclic amines) is 1. The summed E-state index contributed by atoms with van der Waals surface area (Å²) in [4.78, 5) is 20.4. The number of likely N-dealkylation sites (N-methyl/N-ethyl adjacent to an activating group) is 1. The Bertz CT molecular complexity index is 487. The lowest BCUT2D eigenvalue weighted by molar-refractivity contribution is 0.0699. The van der Waals surface area contributed by atoms with E-state index in [4.69, 9.17) is 11.6 Å². The van der Waals surface area contributed by atoms with Gasteiger partial charge in [-0.15, -0.1) is 0 Å². The predicted octanol–water partition coefficient (Wildman–Crippen LogP) is 1.18. The van der Waals surface area contributed by atoms with Crippen LogP contribution >= 0.6 is 11.6 Å². The maximum atomic E-state index is 12.6. The van der Waals surface area contributed by atoms with Crippen molar-refractivity contribution in [3.63, 3.8) is 0 Å². The summed E-state index contributed by atoms with van der Waals surface area (Å²) >= 11 is 5.91. The first-order valence-corrected chi connectivity index (χ1v) is 7.02. The number of hydrogen-bond acceptors (Lipinski definition) is 4. The Balaban J connectivity index is 2.22. The minimum Gasteiger partial charge on any atom is -0.391 e. The van der Waals surface area contributed by atoms with E-state index in [1.807, 2.05) is 19.0 Å². The van der Waals surface area contributed by atoms with E-state index in [9.17, 15) is 9.90 Å². The van der Waals surface area contributed by atoms with E-state index < -0.39 is 6.10 Å². The van der Waals surface area contributed by atoms with Crippen LogP contribution in [0.15, 0.2) is 12.1 Å². The van der Waals surface area contributed by atoms with Gasteiger partial charge < -0.3 is 14.9 Å². The summed E-state index contributed by atoms with van der Waals surface area (Å²) in [7, 11) is 3.92. The minimum absolute atomic E-state index is 0.0275. The molecule has 0 aliphatic carbocycles. The number of carbonyl (C=O) groups is 1. The van der Waals surface area contributed by atoms with Gasteiger partial charge in [0, 0.05) is 30.4 Å². The van der Waals surface area contributed by atoms with Crippen LogP contribution in [0.2, 0.25) is 5.15 Å². The van der Waals surface area contributed by atoms with Gasteiger partial charge in [0.05, 0.1) is 6.10 Å². The van der Waals surface area contributed by atoms with E-state index in [-0.39, 0.29) is 11.9 Å². The summed E-state index contributed by atoms with van der Waals surface area (Å²) < 4.78 is 0. The smallest absolute Gasteiger partial charge is 0.254 e. The van der Waals surface area contributed by atoms with Crippen molar-refractivity contribution >= 4 is 17.5 Å². The zero-order valence-electron chi connectivity index (χ0n) is 12.0. The van der Waals surface area contributed by atoms with E-state index in [0.29, 0.717) is 29.4 Å². The van der Waals surface area contributed by atoms with Crippen LogP contribution in [-0.4, -0.2) is 65.1 Å². The molecule has 1 aliphatic heterocycles. The van der Waals surface area contributed by atoms with Crippen LogP contribution in [0.3, 0.4) is 0 Å². The lowest BCUT2D eigenvalue weighted by Gasteiger charge is -2.27. The largest absolute Gasteiger partial charge is 0.391 e. The molecule has 1 N–H and O–H groups in total. The third-order valence-corrected chi connectivity index (χ3v) is 3.59. The third-order valence-electron chi connectivity index (χ3n) is 3.40. The highest BCUT2D eigenvalue weighted by atomic mass is 35.5. The van der Waals surface area contributed by atoms with Gasteiger partial charge in [0.2, 0.25) is 0 Å². The van der Waals surface area contributed by atoms with E-state index in [0.717, 1.165) is 6.54 Å². The van der Waals surface area contributed by atoms with E-state index >= 15 is 0 Å². The Labute approximate surface area is 124 Å². The van der Waals surface area contributed by atoms with Crippen molar-refractivity contribution in [2.24, 2.45) is 0 Å². The Morgan fingerprint density at radius 2 is 2.25 bits per heavy atom. The van der Waals surface area contributed by atoms with Gasteiger partial charge in [0.1, 0.15) is 5.15 Å². The first-order chi connectivity index (χ1) is 9.36. The molecule has 1 aromatic rings. The second-order valence-corrected chi connectivity index (χ2v) is 5.97. The van der Waals surface area contributed by atoms with Crippen LogP contribution in [-0.2, 0) is 0 Å². The maximum Gasteiger partial charge on any atom is 0.254 e. The molecule has 2 unspecified atom stereocenters. The van der Waals surface area contributed by atoms with Crippen LogP contribution in [0.1, 0.15) is 22.5 Å². The lowest BCUT2D eigenvalue weighted by atomic mass is 10.1. The molecular weight excluding hydrogens is 278 g/mol. The normalized spacial score (nSPS) is 22.6. The van der Waals surface area contributed by atoms with Crippen molar-refractivity contribution in [1.29, 1.82) is 0 Å². The molecule has 0 spiro atoms. The first kappa shape index (κ1) is 15.2. The Morgan fingerprint density at radius 3 is 2.85 bits per heavy atom. The monoisotopic (exact) mass is 297 g/mol. The number of aromatic nitrogens is 1. The highest BCUT2D eigenvalue weighted by molar-refractivity contribution is 6.29. The number of aliphatic hydroxyl groups excluding tert-OH is 1. The van der Waals surface area contributed by atoms with Gasteiger partial charge in [0.15, 0.2) is 0 Å². The van der Waals surface area contributed by atoms with Crippen LogP contribution < -0.4 is 0 Å². The molecule has 1 aliphatic rings. The summed E-state index contributed by atoms with van der Waals surface area (Å²) in [5.41, 5.74) is 1.24. The number of β-amino-alcohol motifs (C(OH)–C–C–N with tert-alkyl or cyclic N) is 1. The predicted molar refractivity (Wildman–Crippen MR) is 78.0 cm³/mol. The lowest BCUT2D eigenvalue weighted by Crippen LogP contribution is -2.41. The number of pyridine rings is 1. The van der Waals surface area contributed by atoms with E-state index in [1.54, 1.807) is 24.0 Å².